The van der Waals surface area contributed by atoms with Crippen molar-refractivity contribution in [3.05, 3.63) is 54.1 Å². The quantitative estimate of drug-likeness (QED) is 0.604. The van der Waals surface area contributed by atoms with Crippen LogP contribution in [0.2, 0.25) is 0 Å². The number of hydrogen-bond acceptors (Lipinski definition) is 3. The highest BCUT2D eigenvalue weighted by molar-refractivity contribution is 7.59. The zero-order chi connectivity index (χ0) is 14.4. The molecule has 2 aromatic carbocycles. The second-order valence-corrected chi connectivity index (χ2v) is 4.93. The summed E-state index contributed by atoms with van der Waals surface area (Å²) in [5.74, 6) is 0. The molecule has 104 valence electrons. The average Bonchev–Trinajstić information content (AvgIpc) is 2.49. The molecule has 0 N–H and O–H groups in total. The summed E-state index contributed by atoms with van der Waals surface area (Å²) >= 11 is 5.23. The van der Waals surface area contributed by atoms with Crippen LogP contribution in [-0.4, -0.2) is 19.3 Å². The Bertz CT molecular complexity index is 572. The molecular weight excluding hydrogens is 264 g/mol. The van der Waals surface area contributed by atoms with Gasteiger partial charge >= 0.3 is 0 Å². The van der Waals surface area contributed by atoms with Crippen LogP contribution in [0.25, 0.3) is 0 Å². The Balaban J connectivity index is 2.13. The number of hydrogen-bond donors (Lipinski definition) is 0. The van der Waals surface area contributed by atoms with Gasteiger partial charge < -0.3 is 17.5 Å². The van der Waals surface area contributed by atoms with E-state index >= 15 is 0 Å². The molecular formula is C17H19N2S-. The van der Waals surface area contributed by atoms with Crippen molar-refractivity contribution in [1.82, 2.24) is 0 Å². The summed E-state index contributed by atoms with van der Waals surface area (Å²) in [6, 6.07) is 16.1. The van der Waals surface area contributed by atoms with Crippen molar-refractivity contribution in [1.29, 1.82) is 0 Å². The molecule has 2 aromatic rings. The summed E-state index contributed by atoms with van der Waals surface area (Å²) < 4.78 is 0. The topological polar surface area (TPSA) is 15.6 Å². The maximum absolute atomic E-state index is 5.23. The fourth-order valence-electron chi connectivity index (χ4n) is 2.07. The summed E-state index contributed by atoms with van der Waals surface area (Å²) in [6.45, 7) is 6.37. The maximum atomic E-state index is 5.23. The summed E-state index contributed by atoms with van der Waals surface area (Å²) in [6.07, 6.45) is 1.86. The van der Waals surface area contributed by atoms with Crippen molar-refractivity contribution in [2.75, 3.05) is 18.0 Å². The molecule has 0 radical (unpaired) electrons. The SMILES string of the molecule is CCN(CC)c1ccc(C=Nc2ccccc2[S-])cc1. The standard InChI is InChI=1S/C17H20N2S/c1-3-19(4-2)15-11-9-14(10-12-15)13-18-16-7-5-6-8-17(16)20/h5-13,20H,3-4H2,1-2H3/p-1. The average molecular weight is 283 g/mol. The Morgan fingerprint density at radius 1 is 1.00 bits per heavy atom. The van der Waals surface area contributed by atoms with Crippen LogP contribution in [-0.2, 0) is 12.6 Å². The molecule has 0 heterocycles. The highest BCUT2D eigenvalue weighted by atomic mass is 32.1. The van der Waals surface area contributed by atoms with Gasteiger partial charge in [0.25, 0.3) is 0 Å². The molecule has 20 heavy (non-hydrogen) atoms. The van der Waals surface area contributed by atoms with E-state index in [0.29, 0.717) is 0 Å². The second-order valence-electron chi connectivity index (χ2n) is 4.49. The van der Waals surface area contributed by atoms with Crippen molar-refractivity contribution >= 4 is 30.2 Å². The highest BCUT2D eigenvalue weighted by Crippen LogP contribution is 2.18. The predicted octanol–water partition coefficient (Wildman–Crippen LogP) is 4.19. The lowest BCUT2D eigenvalue weighted by Gasteiger charge is -2.20. The summed E-state index contributed by atoms with van der Waals surface area (Å²) in [5.41, 5.74) is 3.17. The van der Waals surface area contributed by atoms with Gasteiger partial charge in [-0.15, -0.1) is 4.90 Å². The van der Waals surface area contributed by atoms with Crippen LogP contribution in [0.15, 0.2) is 58.4 Å². The fraction of sp³-hybridized carbons (Fsp3) is 0.235. The van der Waals surface area contributed by atoms with Crippen molar-refractivity contribution < 1.29 is 0 Å². The minimum atomic E-state index is 0.781. The lowest BCUT2D eigenvalue weighted by atomic mass is 10.2. The molecule has 0 saturated heterocycles. The van der Waals surface area contributed by atoms with Gasteiger partial charge in [-0.2, -0.15) is 0 Å². The summed E-state index contributed by atoms with van der Waals surface area (Å²) in [5, 5.41) is 0. The van der Waals surface area contributed by atoms with Crippen molar-refractivity contribution in [3.63, 3.8) is 0 Å². The van der Waals surface area contributed by atoms with Crippen molar-refractivity contribution in [2.24, 2.45) is 4.99 Å². The van der Waals surface area contributed by atoms with E-state index in [2.05, 4.69) is 48.0 Å². The van der Waals surface area contributed by atoms with Gasteiger partial charge in [0.15, 0.2) is 0 Å². The Hall–Kier alpha value is -1.87. The minimum Gasteiger partial charge on any atom is -0.778 e. The maximum Gasteiger partial charge on any atom is 0.0438 e. The molecule has 0 unspecified atom stereocenters. The molecule has 0 amide bonds. The van der Waals surface area contributed by atoms with Crippen molar-refractivity contribution in [2.45, 2.75) is 18.7 Å². The molecule has 0 aromatic heterocycles. The lowest BCUT2D eigenvalue weighted by Crippen LogP contribution is -2.21. The molecule has 0 aliphatic carbocycles. The van der Waals surface area contributed by atoms with Crippen molar-refractivity contribution in [3.8, 4) is 0 Å². The van der Waals surface area contributed by atoms with E-state index in [9.17, 15) is 0 Å². The normalized spacial score (nSPS) is 10.9. The minimum absolute atomic E-state index is 0.781. The smallest absolute Gasteiger partial charge is 0.0438 e. The van der Waals surface area contributed by atoms with Gasteiger partial charge in [-0.1, -0.05) is 30.3 Å². The first-order chi connectivity index (χ1) is 9.74. The largest absolute Gasteiger partial charge is 0.778 e. The predicted molar refractivity (Wildman–Crippen MR) is 89.3 cm³/mol. The molecule has 2 rings (SSSR count). The molecule has 0 aliphatic rings. The number of nitrogens with zero attached hydrogens (tertiary/aromatic N) is 2. The van der Waals surface area contributed by atoms with Gasteiger partial charge in [0.05, 0.1) is 0 Å². The molecule has 0 fully saturated rings. The molecule has 0 bridgehead atoms. The zero-order valence-corrected chi connectivity index (χ0v) is 12.7. The highest BCUT2D eigenvalue weighted by Gasteiger charge is 2.00. The molecule has 3 heteroatoms. The van der Waals surface area contributed by atoms with Crippen LogP contribution < -0.4 is 4.90 Å². The first kappa shape index (κ1) is 14.5. The van der Waals surface area contributed by atoms with E-state index in [4.69, 9.17) is 12.6 Å². The molecule has 2 nitrogen and oxygen atoms in total. The van der Waals surface area contributed by atoms with Gasteiger partial charge in [-0.05, 0) is 37.6 Å². The summed E-state index contributed by atoms with van der Waals surface area (Å²) in [4.78, 5) is 7.55. The van der Waals surface area contributed by atoms with Gasteiger partial charge in [-0.3, -0.25) is 4.99 Å². The lowest BCUT2D eigenvalue weighted by molar-refractivity contribution is 0.866. The third kappa shape index (κ3) is 3.58. The van der Waals surface area contributed by atoms with E-state index in [0.717, 1.165) is 29.2 Å². The first-order valence-corrected chi connectivity index (χ1v) is 7.30. The Kier molecular flexibility index (Phi) is 5.13. The number of anilines is 1. The van der Waals surface area contributed by atoms with Gasteiger partial charge in [-0.25, -0.2) is 0 Å². The van der Waals surface area contributed by atoms with E-state index in [-0.39, 0.29) is 0 Å². The monoisotopic (exact) mass is 283 g/mol. The summed E-state index contributed by atoms with van der Waals surface area (Å²) in [7, 11) is 0. The second kappa shape index (κ2) is 7.06. The van der Waals surface area contributed by atoms with E-state index in [1.807, 2.05) is 30.5 Å². The Labute approximate surface area is 126 Å². The van der Waals surface area contributed by atoms with Crippen LogP contribution in [0, 0.1) is 0 Å². The van der Waals surface area contributed by atoms with Gasteiger partial charge in [0, 0.05) is 30.7 Å². The van der Waals surface area contributed by atoms with Crippen LogP contribution in [0.5, 0.6) is 0 Å². The van der Waals surface area contributed by atoms with E-state index in [1.165, 1.54) is 5.69 Å². The van der Waals surface area contributed by atoms with E-state index in [1.54, 1.807) is 0 Å². The molecule has 0 atom stereocenters. The Morgan fingerprint density at radius 3 is 2.25 bits per heavy atom. The van der Waals surface area contributed by atoms with Crippen LogP contribution in [0.3, 0.4) is 0 Å². The zero-order valence-electron chi connectivity index (χ0n) is 11.9. The number of aliphatic imine (C=N–C) groups is 1. The molecule has 0 saturated carbocycles. The fourth-order valence-corrected chi connectivity index (χ4v) is 2.27. The Morgan fingerprint density at radius 2 is 1.65 bits per heavy atom. The molecule has 0 spiro atoms. The van der Waals surface area contributed by atoms with Gasteiger partial charge in [0.2, 0.25) is 0 Å². The third-order valence-electron chi connectivity index (χ3n) is 3.24. The van der Waals surface area contributed by atoms with Crippen LogP contribution in [0.4, 0.5) is 11.4 Å². The van der Waals surface area contributed by atoms with Crippen LogP contribution >= 0.6 is 0 Å². The number of benzene rings is 2. The van der Waals surface area contributed by atoms with Crippen LogP contribution in [0.1, 0.15) is 19.4 Å². The van der Waals surface area contributed by atoms with E-state index < -0.39 is 0 Å². The number of rotatable bonds is 5. The first-order valence-electron chi connectivity index (χ1n) is 6.89. The molecule has 0 aliphatic heterocycles. The number of para-hydroxylation sites is 1. The third-order valence-corrected chi connectivity index (χ3v) is 3.58. The van der Waals surface area contributed by atoms with Gasteiger partial charge in [0.1, 0.15) is 0 Å².